The van der Waals surface area contributed by atoms with Crippen LogP contribution in [0.1, 0.15) is 47.2 Å². The molecule has 1 unspecified atom stereocenters. The van der Waals surface area contributed by atoms with Crippen LogP contribution in [0, 0.1) is 0 Å². The van der Waals surface area contributed by atoms with Crippen LogP contribution in [0.2, 0.25) is 0 Å². The zero-order chi connectivity index (χ0) is 43.3. The van der Waals surface area contributed by atoms with Crippen LogP contribution in [0.25, 0.3) is 83.9 Å². The topological polar surface area (TPSA) is 43.6 Å². The second-order valence-corrected chi connectivity index (χ2v) is 17.9. The van der Waals surface area contributed by atoms with Crippen LogP contribution in [0.15, 0.2) is 218 Å². The minimum Gasteiger partial charge on any atom is -0.309 e. The number of para-hydroxylation sites is 3. The molecular formula is C61H42N4. The summed E-state index contributed by atoms with van der Waals surface area (Å²) < 4.78 is 2.50. The zero-order valence-electron chi connectivity index (χ0n) is 36.1. The average Bonchev–Trinajstić information content (AvgIpc) is 3.72. The van der Waals surface area contributed by atoms with Gasteiger partial charge in [0.25, 0.3) is 0 Å². The van der Waals surface area contributed by atoms with Crippen LogP contribution in [-0.2, 0) is 10.8 Å². The lowest BCUT2D eigenvalue weighted by Crippen LogP contribution is -2.44. The van der Waals surface area contributed by atoms with Crippen molar-refractivity contribution in [2.75, 3.05) is 0 Å². The predicted octanol–water partition coefficient (Wildman–Crippen LogP) is 14.6. The lowest BCUT2D eigenvalue weighted by molar-refractivity contribution is 0.557. The fourth-order valence-corrected chi connectivity index (χ4v) is 11.3. The minimum atomic E-state index is -0.642. The second kappa shape index (κ2) is 14.2. The van der Waals surface area contributed by atoms with Gasteiger partial charge in [0.2, 0.25) is 0 Å². The summed E-state index contributed by atoms with van der Waals surface area (Å²) in [7, 11) is 0. The molecule has 9 aromatic carbocycles. The van der Waals surface area contributed by atoms with Gasteiger partial charge in [-0.1, -0.05) is 220 Å². The fraction of sp³-hybridized carbons (Fsp3) is 0.0656. The highest BCUT2D eigenvalue weighted by Crippen LogP contribution is 2.61. The Hall–Kier alpha value is -8.21. The molecule has 0 amide bonds. The van der Waals surface area contributed by atoms with Crippen LogP contribution < -0.4 is 0 Å². The van der Waals surface area contributed by atoms with Crippen LogP contribution in [0.3, 0.4) is 0 Å². The van der Waals surface area contributed by atoms with Crippen molar-refractivity contribution in [3.05, 3.63) is 252 Å². The molecule has 0 fully saturated rings. The Morgan fingerprint density at radius 1 is 0.338 bits per heavy atom. The summed E-state index contributed by atoms with van der Waals surface area (Å²) in [6.07, 6.45) is 0. The van der Waals surface area contributed by atoms with Gasteiger partial charge in [0.15, 0.2) is 17.5 Å². The monoisotopic (exact) mass is 830 g/mol. The van der Waals surface area contributed by atoms with E-state index < -0.39 is 10.8 Å². The second-order valence-electron chi connectivity index (χ2n) is 17.9. The SMILES string of the molecule is CC1(C)c2ccccc2C2(c3ccccc3-n3c4ccccc4c4cccc2c43)c2cccc(-c3nc(-c4ccc(-c5ccccc5)cc4)nc(-c4ccc(-c5ccccc5)cc4)n3)c21. The lowest BCUT2D eigenvalue weighted by Gasteiger charge is -2.50. The molecule has 0 radical (unpaired) electrons. The molecule has 11 aromatic rings. The molecule has 1 aliphatic carbocycles. The molecule has 0 saturated heterocycles. The largest absolute Gasteiger partial charge is 0.309 e. The summed E-state index contributed by atoms with van der Waals surface area (Å²) in [5.41, 5.74) is 17.7. The van der Waals surface area contributed by atoms with Crippen molar-refractivity contribution in [3.63, 3.8) is 0 Å². The molecule has 306 valence electrons. The predicted molar refractivity (Wildman–Crippen MR) is 265 cm³/mol. The van der Waals surface area contributed by atoms with Crippen LogP contribution in [0.4, 0.5) is 0 Å². The summed E-state index contributed by atoms with van der Waals surface area (Å²) in [5.74, 6) is 1.92. The first-order chi connectivity index (χ1) is 32.0. The Labute approximate surface area is 378 Å². The molecule has 13 rings (SSSR count). The Balaban J connectivity index is 1.08. The highest BCUT2D eigenvalue weighted by molar-refractivity contribution is 6.12. The van der Waals surface area contributed by atoms with Gasteiger partial charge in [-0.15, -0.1) is 0 Å². The van der Waals surface area contributed by atoms with Gasteiger partial charge in [-0.05, 0) is 67.8 Å². The van der Waals surface area contributed by atoms with Gasteiger partial charge in [-0.2, -0.15) is 0 Å². The molecule has 65 heavy (non-hydrogen) atoms. The molecule has 0 N–H and O–H groups in total. The van der Waals surface area contributed by atoms with Gasteiger partial charge in [0.05, 0.1) is 22.1 Å². The van der Waals surface area contributed by atoms with Crippen LogP contribution in [0.5, 0.6) is 0 Å². The van der Waals surface area contributed by atoms with Gasteiger partial charge < -0.3 is 4.57 Å². The molecule has 4 nitrogen and oxygen atoms in total. The number of hydrogen-bond donors (Lipinski definition) is 0. The number of aromatic nitrogens is 4. The molecule has 1 aliphatic heterocycles. The third kappa shape index (κ3) is 5.41. The Morgan fingerprint density at radius 2 is 0.800 bits per heavy atom. The smallest absolute Gasteiger partial charge is 0.164 e. The van der Waals surface area contributed by atoms with Crippen molar-refractivity contribution in [2.45, 2.75) is 24.7 Å². The van der Waals surface area contributed by atoms with E-state index in [1.165, 1.54) is 72.0 Å². The number of benzene rings is 9. The number of nitrogens with zero attached hydrogens (tertiary/aromatic N) is 4. The highest BCUT2D eigenvalue weighted by atomic mass is 15.0. The summed E-state index contributed by atoms with van der Waals surface area (Å²) >= 11 is 0. The van der Waals surface area contributed by atoms with E-state index in [1.807, 2.05) is 0 Å². The lowest BCUT2D eigenvalue weighted by atomic mass is 9.52. The number of hydrogen-bond acceptors (Lipinski definition) is 3. The van der Waals surface area contributed by atoms with Crippen LogP contribution >= 0.6 is 0 Å². The molecule has 2 aliphatic rings. The number of fused-ring (bicyclic) bond motifs is 11. The first-order valence-corrected chi connectivity index (χ1v) is 22.4. The van der Waals surface area contributed by atoms with Crippen molar-refractivity contribution in [2.24, 2.45) is 0 Å². The number of rotatable bonds is 5. The molecule has 1 spiro atoms. The van der Waals surface area contributed by atoms with Gasteiger partial charge >= 0.3 is 0 Å². The van der Waals surface area contributed by atoms with Crippen molar-refractivity contribution >= 4 is 21.8 Å². The van der Waals surface area contributed by atoms with E-state index in [2.05, 4.69) is 237 Å². The third-order valence-electron chi connectivity index (χ3n) is 14.1. The van der Waals surface area contributed by atoms with Crippen molar-refractivity contribution < 1.29 is 0 Å². The zero-order valence-corrected chi connectivity index (χ0v) is 36.1. The van der Waals surface area contributed by atoms with Crippen molar-refractivity contribution in [1.82, 2.24) is 19.5 Å². The highest BCUT2D eigenvalue weighted by Gasteiger charge is 2.53. The summed E-state index contributed by atoms with van der Waals surface area (Å²) in [5, 5.41) is 2.52. The first kappa shape index (κ1) is 37.4. The van der Waals surface area contributed by atoms with E-state index in [1.54, 1.807) is 0 Å². The molecule has 1 atom stereocenters. The molecular weight excluding hydrogens is 789 g/mol. The Morgan fingerprint density at radius 3 is 1.46 bits per heavy atom. The van der Waals surface area contributed by atoms with E-state index in [9.17, 15) is 0 Å². The Kier molecular flexibility index (Phi) is 8.13. The van der Waals surface area contributed by atoms with E-state index >= 15 is 0 Å². The van der Waals surface area contributed by atoms with E-state index in [-0.39, 0.29) is 0 Å². The molecule has 3 heterocycles. The van der Waals surface area contributed by atoms with Gasteiger partial charge in [0.1, 0.15) is 0 Å². The van der Waals surface area contributed by atoms with E-state index in [0.29, 0.717) is 17.5 Å². The summed E-state index contributed by atoms with van der Waals surface area (Å²) in [4.78, 5) is 16.2. The van der Waals surface area contributed by atoms with E-state index in [4.69, 9.17) is 15.0 Å². The van der Waals surface area contributed by atoms with Crippen LogP contribution in [-0.4, -0.2) is 19.5 Å². The maximum Gasteiger partial charge on any atom is 0.164 e. The quantitative estimate of drug-likeness (QED) is 0.174. The van der Waals surface area contributed by atoms with Gasteiger partial charge in [0, 0.05) is 32.9 Å². The third-order valence-corrected chi connectivity index (χ3v) is 14.1. The molecule has 0 bridgehead atoms. The standard InChI is InChI=1S/C61H42N4/c1-60(2)48-24-10-11-25-49(48)61(50-26-12-14-30-54(50)65-53-29-13-9-21-45(53)46-22-15-28-52(61)56(46)65)51-27-16-23-47(55(51)60)59-63-57(43-35-31-41(32-36-43)39-17-5-3-6-18-39)62-58(64-59)44-37-33-42(34-38-44)40-19-7-4-8-20-40/h3-38H,1-2H3. The van der Waals surface area contributed by atoms with Gasteiger partial charge in [-0.3, -0.25) is 0 Å². The summed E-state index contributed by atoms with van der Waals surface area (Å²) in [6, 6.07) is 79.0. The first-order valence-electron chi connectivity index (χ1n) is 22.4. The van der Waals surface area contributed by atoms with Gasteiger partial charge in [-0.25, -0.2) is 15.0 Å². The minimum absolute atomic E-state index is 0.428. The molecule has 2 aromatic heterocycles. The summed E-state index contributed by atoms with van der Waals surface area (Å²) in [6.45, 7) is 4.75. The maximum atomic E-state index is 5.45. The molecule has 0 saturated carbocycles. The Bertz CT molecular complexity index is 3560. The average molecular weight is 831 g/mol. The maximum absolute atomic E-state index is 5.45. The van der Waals surface area contributed by atoms with Crippen molar-refractivity contribution in [1.29, 1.82) is 0 Å². The van der Waals surface area contributed by atoms with E-state index in [0.717, 1.165) is 27.8 Å². The molecule has 4 heteroatoms. The normalized spacial score (nSPS) is 15.4. The fourth-order valence-electron chi connectivity index (χ4n) is 11.3. The van der Waals surface area contributed by atoms with Crippen molar-refractivity contribution in [3.8, 4) is 62.1 Å².